The Morgan fingerprint density at radius 2 is 1.76 bits per heavy atom. The molecule has 2 fully saturated rings. The molecule has 0 bridgehead atoms. The van der Waals surface area contributed by atoms with Crippen LogP contribution in [0.5, 0.6) is 0 Å². The summed E-state index contributed by atoms with van der Waals surface area (Å²) >= 11 is 0. The minimum Gasteiger partial charge on any atom is -0.367 e. The first kappa shape index (κ1) is 13.9. The lowest BCUT2D eigenvalue weighted by molar-refractivity contribution is -0.118. The Morgan fingerprint density at radius 3 is 2.43 bits per heavy atom. The number of aromatic nitrogens is 1. The van der Waals surface area contributed by atoms with E-state index in [9.17, 15) is 9.59 Å². The molecule has 0 saturated carbocycles. The number of piperazine rings is 1. The van der Waals surface area contributed by atoms with E-state index in [1.807, 2.05) is 11.0 Å². The number of pyridine rings is 1. The molecule has 0 aromatic carbocycles. The molecule has 1 aromatic heterocycles. The van der Waals surface area contributed by atoms with Crippen LogP contribution in [0.25, 0.3) is 0 Å². The van der Waals surface area contributed by atoms with Gasteiger partial charge in [-0.25, -0.2) is 0 Å². The van der Waals surface area contributed by atoms with Gasteiger partial charge in [0, 0.05) is 45.5 Å². The molecule has 21 heavy (non-hydrogen) atoms. The molecule has 1 aromatic rings. The third-order valence-corrected chi connectivity index (χ3v) is 4.19. The van der Waals surface area contributed by atoms with Crippen molar-refractivity contribution in [1.29, 1.82) is 0 Å². The topological polar surface area (TPSA) is 56.8 Å². The summed E-state index contributed by atoms with van der Waals surface area (Å²) < 4.78 is 0. The Labute approximate surface area is 124 Å². The second-order valence-corrected chi connectivity index (χ2v) is 5.56. The van der Waals surface area contributed by atoms with E-state index >= 15 is 0 Å². The quantitative estimate of drug-likeness (QED) is 0.764. The number of hydrogen-bond donors (Lipinski definition) is 0. The number of carbonyl (C=O) groups excluding carboxylic acids is 2. The Bertz CT molecular complexity index is 520. The van der Waals surface area contributed by atoms with Crippen LogP contribution in [0, 0.1) is 0 Å². The highest BCUT2D eigenvalue weighted by Gasteiger charge is 2.21. The average Bonchev–Trinajstić information content (AvgIpc) is 3.09. The monoisotopic (exact) mass is 288 g/mol. The fourth-order valence-electron chi connectivity index (χ4n) is 2.91. The highest BCUT2D eigenvalue weighted by Crippen LogP contribution is 2.19. The standard InChI is InChI=1S/C15H20N4O2/c20-12-17-5-7-18(8-6-17)14-9-13(10-16-11-14)15(21)19-3-1-2-4-19/h9-12H,1-8H2. The van der Waals surface area contributed by atoms with Crippen LogP contribution in [0.1, 0.15) is 23.2 Å². The molecular formula is C15H20N4O2. The fourth-order valence-corrected chi connectivity index (χ4v) is 2.91. The van der Waals surface area contributed by atoms with Gasteiger partial charge in [0.1, 0.15) is 0 Å². The van der Waals surface area contributed by atoms with Gasteiger partial charge in [0.15, 0.2) is 0 Å². The molecule has 2 amide bonds. The van der Waals surface area contributed by atoms with Crippen LogP contribution in [-0.2, 0) is 4.79 Å². The van der Waals surface area contributed by atoms with E-state index in [0.29, 0.717) is 18.7 Å². The van der Waals surface area contributed by atoms with E-state index in [-0.39, 0.29) is 5.91 Å². The predicted octanol–water partition coefficient (Wildman–Crippen LogP) is 0.596. The lowest BCUT2D eigenvalue weighted by atomic mass is 10.2. The van der Waals surface area contributed by atoms with E-state index in [2.05, 4.69) is 9.88 Å². The molecule has 0 radical (unpaired) electrons. The largest absolute Gasteiger partial charge is 0.367 e. The third kappa shape index (κ3) is 2.99. The first-order chi connectivity index (χ1) is 10.3. The number of likely N-dealkylation sites (tertiary alicyclic amines) is 1. The third-order valence-electron chi connectivity index (χ3n) is 4.19. The van der Waals surface area contributed by atoms with E-state index in [4.69, 9.17) is 0 Å². The van der Waals surface area contributed by atoms with Crippen LogP contribution in [0.3, 0.4) is 0 Å². The van der Waals surface area contributed by atoms with Crippen molar-refractivity contribution in [3.8, 4) is 0 Å². The molecule has 6 heteroatoms. The molecule has 2 aliphatic heterocycles. The van der Waals surface area contributed by atoms with E-state index in [1.54, 1.807) is 17.3 Å². The summed E-state index contributed by atoms with van der Waals surface area (Å²) in [5, 5.41) is 0. The fraction of sp³-hybridized carbons (Fsp3) is 0.533. The second-order valence-electron chi connectivity index (χ2n) is 5.56. The Hall–Kier alpha value is -2.11. The molecule has 6 nitrogen and oxygen atoms in total. The molecule has 0 aliphatic carbocycles. The molecular weight excluding hydrogens is 268 g/mol. The van der Waals surface area contributed by atoms with Crippen LogP contribution in [0.2, 0.25) is 0 Å². The Kier molecular flexibility index (Phi) is 4.03. The summed E-state index contributed by atoms with van der Waals surface area (Å²) in [7, 11) is 0. The van der Waals surface area contributed by atoms with Crippen molar-refractivity contribution in [2.75, 3.05) is 44.2 Å². The average molecular weight is 288 g/mol. The molecule has 2 saturated heterocycles. The number of anilines is 1. The van der Waals surface area contributed by atoms with E-state index < -0.39 is 0 Å². The van der Waals surface area contributed by atoms with Gasteiger partial charge < -0.3 is 14.7 Å². The maximum atomic E-state index is 12.4. The molecule has 3 rings (SSSR count). The number of amides is 2. The summed E-state index contributed by atoms with van der Waals surface area (Å²) in [6.45, 7) is 4.69. The normalized spacial score (nSPS) is 19.0. The Morgan fingerprint density at radius 1 is 1.05 bits per heavy atom. The molecule has 0 atom stereocenters. The Balaban J connectivity index is 1.71. The van der Waals surface area contributed by atoms with Crippen LogP contribution in [0.4, 0.5) is 5.69 Å². The number of carbonyl (C=O) groups is 2. The van der Waals surface area contributed by atoms with Gasteiger partial charge in [-0.05, 0) is 18.9 Å². The van der Waals surface area contributed by atoms with Crippen molar-refractivity contribution in [2.24, 2.45) is 0 Å². The van der Waals surface area contributed by atoms with Gasteiger partial charge in [-0.15, -0.1) is 0 Å². The minimum atomic E-state index is 0.0772. The summed E-state index contributed by atoms with van der Waals surface area (Å²) in [6, 6.07) is 1.92. The highest BCUT2D eigenvalue weighted by molar-refractivity contribution is 5.95. The van der Waals surface area contributed by atoms with Gasteiger partial charge in [0.2, 0.25) is 6.41 Å². The predicted molar refractivity (Wildman–Crippen MR) is 79.2 cm³/mol. The van der Waals surface area contributed by atoms with E-state index in [1.165, 1.54) is 0 Å². The van der Waals surface area contributed by atoms with Gasteiger partial charge in [0.05, 0.1) is 17.4 Å². The summed E-state index contributed by atoms with van der Waals surface area (Å²) in [6.07, 6.45) is 6.51. The maximum Gasteiger partial charge on any atom is 0.255 e. The molecule has 0 spiro atoms. The zero-order chi connectivity index (χ0) is 14.7. The SMILES string of the molecule is O=CN1CCN(c2cncc(C(=O)N3CCCC3)c2)CC1. The van der Waals surface area contributed by atoms with Gasteiger partial charge >= 0.3 is 0 Å². The molecule has 112 valence electrons. The van der Waals surface area contributed by atoms with Crippen LogP contribution in [-0.4, -0.2) is 66.4 Å². The second kappa shape index (κ2) is 6.11. The van der Waals surface area contributed by atoms with Gasteiger partial charge in [-0.3, -0.25) is 14.6 Å². The van der Waals surface area contributed by atoms with Crippen LogP contribution < -0.4 is 4.90 Å². The van der Waals surface area contributed by atoms with Gasteiger partial charge in [-0.1, -0.05) is 0 Å². The minimum absolute atomic E-state index is 0.0772. The number of hydrogen-bond acceptors (Lipinski definition) is 4. The lowest BCUT2D eigenvalue weighted by Gasteiger charge is -2.34. The van der Waals surface area contributed by atoms with Crippen LogP contribution >= 0.6 is 0 Å². The number of rotatable bonds is 3. The zero-order valence-corrected chi connectivity index (χ0v) is 12.1. The van der Waals surface area contributed by atoms with Crippen molar-refractivity contribution >= 4 is 18.0 Å². The van der Waals surface area contributed by atoms with Crippen molar-refractivity contribution in [1.82, 2.24) is 14.8 Å². The highest BCUT2D eigenvalue weighted by atomic mass is 16.2. The van der Waals surface area contributed by atoms with E-state index in [0.717, 1.165) is 51.1 Å². The summed E-state index contributed by atoms with van der Waals surface area (Å²) in [5.41, 5.74) is 1.62. The van der Waals surface area contributed by atoms with Crippen molar-refractivity contribution in [3.05, 3.63) is 24.0 Å². The number of nitrogens with zero attached hydrogens (tertiary/aromatic N) is 4. The lowest BCUT2D eigenvalue weighted by Crippen LogP contribution is -2.45. The van der Waals surface area contributed by atoms with Crippen LogP contribution in [0.15, 0.2) is 18.5 Å². The summed E-state index contributed by atoms with van der Waals surface area (Å²) in [4.78, 5) is 33.2. The van der Waals surface area contributed by atoms with Gasteiger partial charge in [0.25, 0.3) is 5.91 Å². The molecule has 2 aliphatic rings. The molecule has 0 unspecified atom stereocenters. The van der Waals surface area contributed by atoms with Crippen molar-refractivity contribution in [3.63, 3.8) is 0 Å². The zero-order valence-electron chi connectivity index (χ0n) is 12.1. The summed E-state index contributed by atoms with van der Waals surface area (Å²) in [5.74, 6) is 0.0772. The maximum absolute atomic E-state index is 12.4. The molecule has 0 N–H and O–H groups in total. The van der Waals surface area contributed by atoms with Crippen molar-refractivity contribution < 1.29 is 9.59 Å². The smallest absolute Gasteiger partial charge is 0.255 e. The first-order valence-corrected chi connectivity index (χ1v) is 7.46. The first-order valence-electron chi connectivity index (χ1n) is 7.46. The van der Waals surface area contributed by atoms with Crippen molar-refractivity contribution in [2.45, 2.75) is 12.8 Å². The molecule has 3 heterocycles. The van der Waals surface area contributed by atoms with Gasteiger partial charge in [-0.2, -0.15) is 0 Å².